The molecule has 3 nitrogen and oxygen atoms in total. The lowest BCUT2D eigenvalue weighted by atomic mass is 10.2. The average molecular weight is 187 g/mol. The number of hydrogen-bond donors (Lipinski definition) is 1. The highest BCUT2D eigenvalue weighted by Gasteiger charge is 2.19. The monoisotopic (exact) mass is 187 g/mol. The minimum atomic E-state index is 0.493. The molecule has 2 aromatic rings. The number of imidazole rings is 1. The van der Waals surface area contributed by atoms with Crippen LogP contribution in [0.2, 0.25) is 0 Å². The molecule has 1 unspecified atom stereocenters. The standard InChI is InChI=1S/C11H13N3/c1-2-7-14-10(8-13-11(14)5-1)9-4-3-6-12-9/h1-2,5,7-9,12H,3-4,6H2. The third-order valence-corrected chi connectivity index (χ3v) is 2.86. The van der Waals surface area contributed by atoms with Gasteiger partial charge in [0.2, 0.25) is 0 Å². The Morgan fingerprint density at radius 2 is 2.43 bits per heavy atom. The van der Waals surface area contributed by atoms with Crippen molar-refractivity contribution in [2.75, 3.05) is 6.54 Å². The fourth-order valence-corrected chi connectivity index (χ4v) is 2.15. The fourth-order valence-electron chi connectivity index (χ4n) is 2.15. The number of nitrogens with zero attached hydrogens (tertiary/aromatic N) is 2. The third kappa shape index (κ3) is 1.13. The molecule has 3 heteroatoms. The lowest BCUT2D eigenvalue weighted by molar-refractivity contribution is 0.622. The number of rotatable bonds is 1. The lowest BCUT2D eigenvalue weighted by Crippen LogP contribution is -2.14. The Morgan fingerprint density at radius 3 is 3.29 bits per heavy atom. The second-order valence-corrected chi connectivity index (χ2v) is 3.76. The molecule has 14 heavy (non-hydrogen) atoms. The highest BCUT2D eigenvalue weighted by molar-refractivity contribution is 5.40. The molecule has 0 saturated carbocycles. The van der Waals surface area contributed by atoms with Gasteiger partial charge in [0.25, 0.3) is 0 Å². The number of hydrogen-bond acceptors (Lipinski definition) is 2. The Kier molecular flexibility index (Phi) is 1.77. The molecule has 0 aromatic carbocycles. The summed E-state index contributed by atoms with van der Waals surface area (Å²) >= 11 is 0. The normalized spacial score (nSPS) is 21.9. The second kappa shape index (κ2) is 3.10. The van der Waals surface area contributed by atoms with Crippen molar-refractivity contribution >= 4 is 5.65 Å². The van der Waals surface area contributed by atoms with Crippen molar-refractivity contribution in [1.29, 1.82) is 0 Å². The van der Waals surface area contributed by atoms with Crippen molar-refractivity contribution in [2.45, 2.75) is 18.9 Å². The maximum Gasteiger partial charge on any atom is 0.136 e. The van der Waals surface area contributed by atoms with Crippen LogP contribution in [-0.2, 0) is 0 Å². The Hall–Kier alpha value is -1.35. The SMILES string of the molecule is c1ccn2c(C3CCCN3)cnc2c1. The maximum atomic E-state index is 4.39. The molecule has 0 radical (unpaired) electrons. The fraction of sp³-hybridized carbons (Fsp3) is 0.364. The topological polar surface area (TPSA) is 29.3 Å². The van der Waals surface area contributed by atoms with Crippen LogP contribution in [0, 0.1) is 0 Å². The third-order valence-electron chi connectivity index (χ3n) is 2.86. The van der Waals surface area contributed by atoms with Gasteiger partial charge in [0.15, 0.2) is 0 Å². The zero-order valence-corrected chi connectivity index (χ0v) is 7.98. The summed E-state index contributed by atoms with van der Waals surface area (Å²) in [6, 6.07) is 6.60. The number of fused-ring (bicyclic) bond motifs is 1. The molecule has 0 spiro atoms. The van der Waals surface area contributed by atoms with Crippen molar-refractivity contribution in [2.24, 2.45) is 0 Å². The van der Waals surface area contributed by atoms with Gasteiger partial charge in [-0.25, -0.2) is 4.98 Å². The predicted octanol–water partition coefficient (Wildman–Crippen LogP) is 1.76. The molecule has 1 saturated heterocycles. The largest absolute Gasteiger partial charge is 0.309 e. The van der Waals surface area contributed by atoms with E-state index in [4.69, 9.17) is 0 Å². The van der Waals surface area contributed by atoms with E-state index in [9.17, 15) is 0 Å². The molecule has 1 fully saturated rings. The molecular formula is C11H13N3. The van der Waals surface area contributed by atoms with E-state index in [0.29, 0.717) is 6.04 Å². The van der Waals surface area contributed by atoms with E-state index in [0.717, 1.165) is 12.2 Å². The van der Waals surface area contributed by atoms with Crippen LogP contribution in [0.3, 0.4) is 0 Å². The summed E-state index contributed by atoms with van der Waals surface area (Å²) in [5.41, 5.74) is 2.33. The summed E-state index contributed by atoms with van der Waals surface area (Å²) in [6.07, 6.45) is 6.56. The Morgan fingerprint density at radius 1 is 1.43 bits per heavy atom. The molecule has 0 aliphatic carbocycles. The van der Waals surface area contributed by atoms with E-state index in [1.807, 2.05) is 24.4 Å². The summed E-state index contributed by atoms with van der Waals surface area (Å²) in [5.74, 6) is 0. The highest BCUT2D eigenvalue weighted by Crippen LogP contribution is 2.23. The zero-order valence-electron chi connectivity index (χ0n) is 7.98. The van der Waals surface area contributed by atoms with E-state index in [1.165, 1.54) is 18.5 Å². The zero-order chi connectivity index (χ0) is 9.38. The maximum absolute atomic E-state index is 4.39. The molecule has 2 aromatic heterocycles. The van der Waals surface area contributed by atoms with Gasteiger partial charge < -0.3 is 9.72 Å². The van der Waals surface area contributed by atoms with E-state index >= 15 is 0 Å². The van der Waals surface area contributed by atoms with Crippen LogP contribution >= 0.6 is 0 Å². The van der Waals surface area contributed by atoms with Gasteiger partial charge >= 0.3 is 0 Å². The molecule has 0 amide bonds. The minimum absolute atomic E-state index is 0.493. The highest BCUT2D eigenvalue weighted by atomic mass is 15.1. The van der Waals surface area contributed by atoms with E-state index in [2.05, 4.69) is 20.9 Å². The molecule has 0 bridgehead atoms. The molecule has 1 aliphatic heterocycles. The Labute approximate surface area is 82.8 Å². The summed E-state index contributed by atoms with van der Waals surface area (Å²) < 4.78 is 2.17. The quantitative estimate of drug-likeness (QED) is 0.737. The van der Waals surface area contributed by atoms with Gasteiger partial charge in [0, 0.05) is 12.2 Å². The second-order valence-electron chi connectivity index (χ2n) is 3.76. The van der Waals surface area contributed by atoms with E-state index in [-0.39, 0.29) is 0 Å². The lowest BCUT2D eigenvalue weighted by Gasteiger charge is -2.08. The van der Waals surface area contributed by atoms with Crippen LogP contribution in [0.5, 0.6) is 0 Å². The van der Waals surface area contributed by atoms with Crippen molar-refractivity contribution in [1.82, 2.24) is 14.7 Å². The first-order valence-electron chi connectivity index (χ1n) is 5.10. The van der Waals surface area contributed by atoms with Crippen molar-refractivity contribution in [3.05, 3.63) is 36.3 Å². The predicted molar refractivity (Wildman–Crippen MR) is 55.2 cm³/mol. The van der Waals surface area contributed by atoms with Gasteiger partial charge in [-0.15, -0.1) is 0 Å². The molecule has 1 aliphatic rings. The van der Waals surface area contributed by atoms with Crippen molar-refractivity contribution in [3.8, 4) is 0 Å². The molecule has 72 valence electrons. The van der Waals surface area contributed by atoms with Crippen molar-refractivity contribution in [3.63, 3.8) is 0 Å². The van der Waals surface area contributed by atoms with Gasteiger partial charge in [0.1, 0.15) is 5.65 Å². The average Bonchev–Trinajstić information content (AvgIpc) is 2.85. The van der Waals surface area contributed by atoms with Crippen LogP contribution in [-0.4, -0.2) is 15.9 Å². The summed E-state index contributed by atoms with van der Waals surface area (Å²) in [5, 5.41) is 3.49. The molecule has 3 rings (SSSR count). The van der Waals surface area contributed by atoms with Gasteiger partial charge in [-0.3, -0.25) is 0 Å². The van der Waals surface area contributed by atoms with Gasteiger partial charge in [0.05, 0.1) is 11.9 Å². The number of aromatic nitrogens is 2. The minimum Gasteiger partial charge on any atom is -0.309 e. The molecule has 1 atom stereocenters. The first-order chi connectivity index (χ1) is 6.95. The Bertz CT molecular complexity index is 440. The van der Waals surface area contributed by atoms with Crippen LogP contribution < -0.4 is 5.32 Å². The van der Waals surface area contributed by atoms with E-state index < -0.39 is 0 Å². The summed E-state index contributed by atoms with van der Waals surface area (Å²) in [7, 11) is 0. The molecule has 3 heterocycles. The first-order valence-corrected chi connectivity index (χ1v) is 5.10. The van der Waals surface area contributed by atoms with Crippen LogP contribution in [0.4, 0.5) is 0 Å². The van der Waals surface area contributed by atoms with Gasteiger partial charge in [-0.1, -0.05) is 6.07 Å². The van der Waals surface area contributed by atoms with Crippen LogP contribution in [0.15, 0.2) is 30.6 Å². The number of pyridine rings is 1. The first kappa shape index (κ1) is 8.00. The van der Waals surface area contributed by atoms with Crippen molar-refractivity contribution < 1.29 is 0 Å². The van der Waals surface area contributed by atoms with E-state index in [1.54, 1.807) is 0 Å². The molecular weight excluding hydrogens is 174 g/mol. The van der Waals surface area contributed by atoms with Crippen LogP contribution in [0.25, 0.3) is 5.65 Å². The van der Waals surface area contributed by atoms with Gasteiger partial charge in [-0.05, 0) is 31.5 Å². The Balaban J connectivity index is 2.11. The van der Waals surface area contributed by atoms with Gasteiger partial charge in [-0.2, -0.15) is 0 Å². The number of nitrogens with one attached hydrogen (secondary N) is 1. The smallest absolute Gasteiger partial charge is 0.136 e. The molecule has 1 N–H and O–H groups in total. The summed E-state index contributed by atoms with van der Waals surface area (Å²) in [6.45, 7) is 1.13. The summed E-state index contributed by atoms with van der Waals surface area (Å²) in [4.78, 5) is 4.39. The van der Waals surface area contributed by atoms with Crippen LogP contribution in [0.1, 0.15) is 24.6 Å².